The first kappa shape index (κ1) is 28.8. The van der Waals surface area contributed by atoms with E-state index in [0.717, 1.165) is 16.7 Å². The molecule has 1 aliphatic heterocycles. The summed E-state index contributed by atoms with van der Waals surface area (Å²) < 4.78 is 0. The third-order valence-electron chi connectivity index (χ3n) is 7.34. The molecule has 1 saturated heterocycles. The van der Waals surface area contributed by atoms with Crippen LogP contribution >= 0.6 is 0 Å². The molecule has 40 heavy (non-hydrogen) atoms. The Morgan fingerprint density at radius 3 is 2.02 bits per heavy atom. The molecule has 3 aromatic rings. The number of anilines is 2. The zero-order chi connectivity index (χ0) is 29.6. The van der Waals surface area contributed by atoms with E-state index < -0.39 is 17.7 Å². The van der Waals surface area contributed by atoms with Gasteiger partial charge >= 0.3 is 0 Å². The molecular formula is C34H38N2O4. The van der Waals surface area contributed by atoms with Gasteiger partial charge in [0, 0.05) is 23.9 Å². The smallest absolute Gasteiger partial charge is 0.300 e. The van der Waals surface area contributed by atoms with E-state index in [0.29, 0.717) is 22.5 Å². The van der Waals surface area contributed by atoms with Crippen molar-refractivity contribution >= 4 is 34.7 Å². The summed E-state index contributed by atoms with van der Waals surface area (Å²) in [7, 11) is 0. The molecule has 1 atom stereocenters. The highest BCUT2D eigenvalue weighted by molar-refractivity contribution is 6.51. The van der Waals surface area contributed by atoms with Crippen LogP contribution in [0.25, 0.3) is 5.76 Å². The standard InChI is InChI=1S/C34H38N2O4/c1-20-12-15-24(34(6,7)8)18-27(20)30(38)28-29(22-13-16-23(17-14-22)33(3,4)5)36(32(40)31(28)39)26-11-9-10-25(19-26)35-21(2)37/h9-19,29,38H,1-8H3,(H,35,37)/b30-28+. The van der Waals surface area contributed by atoms with E-state index in [2.05, 4.69) is 46.9 Å². The fourth-order valence-electron chi connectivity index (χ4n) is 5.01. The lowest BCUT2D eigenvalue weighted by molar-refractivity contribution is -0.132. The summed E-state index contributed by atoms with van der Waals surface area (Å²) in [4.78, 5) is 40.5. The molecular weight excluding hydrogens is 500 g/mol. The van der Waals surface area contributed by atoms with Crippen LogP contribution in [0.5, 0.6) is 0 Å². The molecule has 0 spiro atoms. The van der Waals surface area contributed by atoms with E-state index in [1.165, 1.54) is 11.8 Å². The topological polar surface area (TPSA) is 86.7 Å². The van der Waals surface area contributed by atoms with Gasteiger partial charge in [0.25, 0.3) is 11.7 Å². The molecule has 0 bridgehead atoms. The van der Waals surface area contributed by atoms with Crippen molar-refractivity contribution in [1.29, 1.82) is 0 Å². The van der Waals surface area contributed by atoms with Crippen LogP contribution in [0, 0.1) is 6.92 Å². The Morgan fingerprint density at radius 2 is 1.45 bits per heavy atom. The molecule has 1 heterocycles. The predicted octanol–water partition coefficient (Wildman–Crippen LogP) is 7.17. The first-order valence-electron chi connectivity index (χ1n) is 13.5. The molecule has 0 aromatic heterocycles. The SMILES string of the molecule is CC(=O)Nc1cccc(N2C(=O)C(=O)/C(=C(/O)c3cc(C(C)(C)C)ccc3C)C2c2ccc(C(C)(C)C)cc2)c1. The highest BCUT2D eigenvalue weighted by Gasteiger charge is 2.47. The molecule has 208 valence electrons. The molecule has 6 nitrogen and oxygen atoms in total. The molecule has 6 heteroatoms. The Morgan fingerprint density at radius 1 is 0.850 bits per heavy atom. The number of hydrogen-bond donors (Lipinski definition) is 2. The minimum atomic E-state index is -0.862. The fraction of sp³-hybridized carbons (Fsp3) is 0.324. The number of aliphatic hydroxyl groups excluding tert-OH is 1. The average Bonchev–Trinajstić information content (AvgIpc) is 3.13. The average molecular weight is 539 g/mol. The van der Waals surface area contributed by atoms with Crippen LogP contribution in [0.15, 0.2) is 72.3 Å². The lowest BCUT2D eigenvalue weighted by atomic mass is 9.84. The monoisotopic (exact) mass is 538 g/mol. The van der Waals surface area contributed by atoms with Crippen molar-refractivity contribution in [2.75, 3.05) is 10.2 Å². The number of Topliss-reactive ketones (excluding diaryl/α,β-unsaturated/α-hetero) is 1. The van der Waals surface area contributed by atoms with Crippen LogP contribution in [0.2, 0.25) is 0 Å². The van der Waals surface area contributed by atoms with E-state index in [4.69, 9.17) is 0 Å². The third-order valence-corrected chi connectivity index (χ3v) is 7.34. The van der Waals surface area contributed by atoms with Gasteiger partial charge in [-0.2, -0.15) is 0 Å². The van der Waals surface area contributed by atoms with Gasteiger partial charge in [0.05, 0.1) is 11.6 Å². The minimum Gasteiger partial charge on any atom is -0.507 e. The second kappa shape index (κ2) is 10.4. The van der Waals surface area contributed by atoms with Crippen LogP contribution in [0.3, 0.4) is 0 Å². The molecule has 0 radical (unpaired) electrons. The molecule has 1 unspecified atom stereocenters. The van der Waals surface area contributed by atoms with Crippen LogP contribution in [0.4, 0.5) is 11.4 Å². The summed E-state index contributed by atoms with van der Waals surface area (Å²) in [6.45, 7) is 15.9. The number of aliphatic hydroxyl groups is 1. The Balaban J connectivity index is 1.97. The van der Waals surface area contributed by atoms with Crippen LogP contribution in [0.1, 0.15) is 82.3 Å². The van der Waals surface area contributed by atoms with Crippen molar-refractivity contribution in [3.8, 4) is 0 Å². The summed E-state index contributed by atoms with van der Waals surface area (Å²) in [5.41, 5.74) is 4.84. The van der Waals surface area contributed by atoms with E-state index in [9.17, 15) is 19.5 Å². The largest absolute Gasteiger partial charge is 0.507 e. The Bertz CT molecular complexity index is 1520. The van der Waals surface area contributed by atoms with E-state index in [-0.39, 0.29) is 28.1 Å². The zero-order valence-electron chi connectivity index (χ0n) is 24.5. The van der Waals surface area contributed by atoms with Gasteiger partial charge in [-0.25, -0.2) is 0 Å². The van der Waals surface area contributed by atoms with Crippen molar-refractivity contribution in [1.82, 2.24) is 0 Å². The van der Waals surface area contributed by atoms with Crippen LogP contribution < -0.4 is 10.2 Å². The van der Waals surface area contributed by atoms with E-state index >= 15 is 0 Å². The summed E-state index contributed by atoms with van der Waals surface area (Å²) >= 11 is 0. The maximum absolute atomic E-state index is 13.7. The minimum absolute atomic E-state index is 0.0348. The van der Waals surface area contributed by atoms with Crippen LogP contribution in [-0.4, -0.2) is 22.7 Å². The zero-order valence-corrected chi connectivity index (χ0v) is 24.5. The number of nitrogens with zero attached hydrogens (tertiary/aromatic N) is 1. The predicted molar refractivity (Wildman–Crippen MR) is 161 cm³/mol. The molecule has 3 aromatic carbocycles. The maximum Gasteiger partial charge on any atom is 0.300 e. The molecule has 0 aliphatic carbocycles. The summed E-state index contributed by atoms with van der Waals surface area (Å²) in [5.74, 6) is -1.95. The van der Waals surface area contributed by atoms with Gasteiger partial charge in [-0.1, -0.05) is 84.0 Å². The number of benzene rings is 3. The Hall–Kier alpha value is -4.19. The van der Waals surface area contributed by atoms with Gasteiger partial charge in [0.1, 0.15) is 5.76 Å². The number of amides is 2. The third kappa shape index (κ3) is 5.57. The van der Waals surface area contributed by atoms with E-state index in [1.54, 1.807) is 24.3 Å². The van der Waals surface area contributed by atoms with Gasteiger partial charge in [-0.3, -0.25) is 19.3 Å². The first-order chi connectivity index (χ1) is 18.6. The second-order valence-electron chi connectivity index (χ2n) is 12.6. The molecule has 1 aliphatic rings. The quantitative estimate of drug-likeness (QED) is 0.209. The fourth-order valence-corrected chi connectivity index (χ4v) is 5.01. The molecule has 1 fully saturated rings. The van der Waals surface area contributed by atoms with Gasteiger partial charge in [0.15, 0.2) is 0 Å². The number of hydrogen-bond acceptors (Lipinski definition) is 4. The molecule has 2 N–H and O–H groups in total. The maximum atomic E-state index is 13.7. The lowest BCUT2D eigenvalue weighted by Crippen LogP contribution is -2.29. The lowest BCUT2D eigenvalue weighted by Gasteiger charge is -2.27. The molecule has 0 saturated carbocycles. The second-order valence-corrected chi connectivity index (χ2v) is 12.6. The summed E-state index contributed by atoms with van der Waals surface area (Å²) in [6, 6.07) is 19.6. The van der Waals surface area contributed by atoms with Gasteiger partial charge in [-0.05, 0) is 64.3 Å². The van der Waals surface area contributed by atoms with E-state index in [1.807, 2.05) is 49.4 Å². The summed E-state index contributed by atoms with van der Waals surface area (Å²) in [5, 5.41) is 14.5. The molecule has 2 amide bonds. The van der Waals surface area contributed by atoms with Gasteiger partial charge < -0.3 is 10.4 Å². The number of rotatable bonds is 4. The van der Waals surface area contributed by atoms with Gasteiger partial charge in [-0.15, -0.1) is 0 Å². The first-order valence-corrected chi connectivity index (χ1v) is 13.5. The van der Waals surface area contributed by atoms with Crippen molar-refractivity contribution in [2.24, 2.45) is 0 Å². The van der Waals surface area contributed by atoms with Crippen molar-refractivity contribution < 1.29 is 19.5 Å². The van der Waals surface area contributed by atoms with Crippen molar-refractivity contribution in [3.05, 3.63) is 100 Å². The highest BCUT2D eigenvalue weighted by Crippen LogP contribution is 2.43. The Kier molecular flexibility index (Phi) is 7.50. The number of ketones is 1. The van der Waals surface area contributed by atoms with Gasteiger partial charge in [0.2, 0.25) is 5.91 Å². The number of aryl methyl sites for hydroxylation is 1. The van der Waals surface area contributed by atoms with Crippen molar-refractivity contribution in [2.45, 2.75) is 72.3 Å². The normalized spacial score (nSPS) is 17.3. The summed E-state index contributed by atoms with van der Waals surface area (Å²) in [6.07, 6.45) is 0. The van der Waals surface area contributed by atoms with Crippen molar-refractivity contribution in [3.63, 3.8) is 0 Å². The number of carbonyl (C=O) groups excluding carboxylic acids is 3. The molecule has 4 rings (SSSR count). The van der Waals surface area contributed by atoms with Crippen LogP contribution in [-0.2, 0) is 25.2 Å². The number of nitrogens with one attached hydrogen (secondary N) is 1. The highest BCUT2D eigenvalue weighted by atomic mass is 16.3. The Labute approximate surface area is 236 Å². The number of carbonyl (C=O) groups is 3.